The normalized spacial score (nSPS) is 58.7. The van der Waals surface area contributed by atoms with Crippen LogP contribution >= 0.6 is 0 Å². The molecule has 1 aliphatic heterocycles. The van der Waals surface area contributed by atoms with E-state index < -0.39 is 0 Å². The van der Waals surface area contributed by atoms with Gasteiger partial charge in [0.05, 0.1) is 6.42 Å². The lowest BCUT2D eigenvalue weighted by Gasteiger charge is -2.57. The Balaban J connectivity index is 1.80. The number of ether oxygens (including phenoxy) is 1. The summed E-state index contributed by atoms with van der Waals surface area (Å²) in [6.45, 7) is 0. The Kier molecular flexibility index (Phi) is 1.20. The second-order valence-electron chi connectivity index (χ2n) is 6.06. The first kappa shape index (κ1) is 7.72. The lowest BCUT2D eigenvalue weighted by molar-refractivity contribution is -0.156. The molecule has 0 aromatic carbocycles. The molecule has 5 fully saturated rings. The van der Waals surface area contributed by atoms with Crippen molar-refractivity contribution in [2.45, 2.75) is 44.6 Å². The Morgan fingerprint density at radius 3 is 2.57 bits per heavy atom. The van der Waals surface area contributed by atoms with Crippen molar-refractivity contribution in [2.24, 2.45) is 23.2 Å². The molecule has 0 aromatic rings. The molecular weight excluding hydrogens is 176 g/mol. The quantitative estimate of drug-likeness (QED) is 0.549. The van der Waals surface area contributed by atoms with Gasteiger partial charge < -0.3 is 4.74 Å². The smallest absolute Gasteiger partial charge is 0.306 e. The predicted molar refractivity (Wildman–Crippen MR) is 50.5 cm³/mol. The molecule has 1 saturated heterocycles. The summed E-state index contributed by atoms with van der Waals surface area (Å²) in [5.41, 5.74) is 0.311. The van der Waals surface area contributed by atoms with Gasteiger partial charge in [-0.3, -0.25) is 4.79 Å². The molecule has 14 heavy (non-hydrogen) atoms. The lowest BCUT2D eigenvalue weighted by atomic mass is 9.48. The molecule has 0 aromatic heterocycles. The van der Waals surface area contributed by atoms with Gasteiger partial charge in [0.1, 0.15) is 6.10 Å². The Morgan fingerprint density at radius 1 is 1.14 bits per heavy atom. The summed E-state index contributed by atoms with van der Waals surface area (Å²) in [6.07, 6.45) is 7.77. The van der Waals surface area contributed by atoms with Gasteiger partial charge >= 0.3 is 5.97 Å². The van der Waals surface area contributed by atoms with E-state index in [1.54, 1.807) is 0 Å². The van der Waals surface area contributed by atoms with Gasteiger partial charge in [-0.1, -0.05) is 0 Å². The van der Waals surface area contributed by atoms with E-state index in [0.29, 0.717) is 11.5 Å². The van der Waals surface area contributed by atoms with Crippen molar-refractivity contribution >= 4 is 5.97 Å². The maximum absolute atomic E-state index is 11.4. The molecule has 1 spiro atoms. The minimum Gasteiger partial charge on any atom is -0.461 e. The van der Waals surface area contributed by atoms with Crippen LogP contribution < -0.4 is 0 Å². The van der Waals surface area contributed by atoms with Gasteiger partial charge in [-0.2, -0.15) is 0 Å². The van der Waals surface area contributed by atoms with Gasteiger partial charge in [0, 0.05) is 5.41 Å². The minimum absolute atomic E-state index is 0.0863. The van der Waals surface area contributed by atoms with E-state index in [-0.39, 0.29) is 5.97 Å². The first-order valence-electron chi connectivity index (χ1n) is 5.95. The molecule has 0 amide bonds. The molecule has 1 heterocycles. The van der Waals surface area contributed by atoms with E-state index in [4.69, 9.17) is 4.74 Å². The standard InChI is InChI=1S/C12H16O2/c13-10-6-12-4-7-1-8(5-12)3-9(2-7)11(12)14-10/h7-9,11H,1-6H2/t7?,8?,9?,11-,12?/m1/s1. The van der Waals surface area contributed by atoms with Crippen molar-refractivity contribution in [1.29, 1.82) is 0 Å². The van der Waals surface area contributed by atoms with Crippen molar-refractivity contribution in [1.82, 2.24) is 0 Å². The van der Waals surface area contributed by atoms with Crippen LogP contribution in [0.15, 0.2) is 0 Å². The molecule has 3 atom stereocenters. The highest BCUT2D eigenvalue weighted by Crippen LogP contribution is 2.64. The molecule has 2 nitrogen and oxygen atoms in total. The van der Waals surface area contributed by atoms with Gasteiger partial charge in [0.15, 0.2) is 0 Å². The van der Waals surface area contributed by atoms with Crippen LogP contribution in [-0.4, -0.2) is 12.1 Å². The molecule has 5 rings (SSSR count). The third kappa shape index (κ3) is 0.768. The Labute approximate surface area is 84.0 Å². The van der Waals surface area contributed by atoms with Crippen LogP contribution in [0, 0.1) is 23.2 Å². The van der Waals surface area contributed by atoms with Crippen LogP contribution in [0.2, 0.25) is 0 Å². The average molecular weight is 192 g/mol. The van der Waals surface area contributed by atoms with Gasteiger partial charge in [-0.25, -0.2) is 0 Å². The molecule has 0 N–H and O–H groups in total. The van der Waals surface area contributed by atoms with Gasteiger partial charge in [-0.05, 0) is 49.9 Å². The summed E-state index contributed by atoms with van der Waals surface area (Å²) in [5.74, 6) is 2.67. The van der Waals surface area contributed by atoms with Gasteiger partial charge in [-0.15, -0.1) is 0 Å². The topological polar surface area (TPSA) is 26.3 Å². The zero-order valence-corrected chi connectivity index (χ0v) is 8.37. The number of hydrogen-bond acceptors (Lipinski definition) is 2. The van der Waals surface area contributed by atoms with E-state index >= 15 is 0 Å². The van der Waals surface area contributed by atoms with Crippen LogP contribution in [0.1, 0.15) is 38.5 Å². The summed E-state index contributed by atoms with van der Waals surface area (Å²) in [6, 6.07) is 0. The fourth-order valence-electron chi connectivity index (χ4n) is 5.10. The van der Waals surface area contributed by atoms with Gasteiger partial charge in [0.25, 0.3) is 0 Å². The van der Waals surface area contributed by atoms with Crippen LogP contribution in [-0.2, 0) is 9.53 Å². The summed E-state index contributed by atoms with van der Waals surface area (Å²) in [4.78, 5) is 11.4. The fraction of sp³-hybridized carbons (Fsp3) is 0.917. The number of carbonyl (C=O) groups excluding carboxylic acids is 1. The summed E-state index contributed by atoms with van der Waals surface area (Å²) in [7, 11) is 0. The average Bonchev–Trinajstić information content (AvgIpc) is 2.40. The summed E-state index contributed by atoms with van der Waals surface area (Å²) in [5, 5.41) is 0. The zero-order valence-electron chi connectivity index (χ0n) is 8.37. The zero-order chi connectivity index (χ0) is 9.34. The highest BCUT2D eigenvalue weighted by atomic mass is 16.6. The number of hydrogen-bond donors (Lipinski definition) is 0. The van der Waals surface area contributed by atoms with Crippen LogP contribution in [0.4, 0.5) is 0 Å². The Hall–Kier alpha value is -0.530. The molecule has 4 saturated carbocycles. The van der Waals surface area contributed by atoms with E-state index in [1.165, 1.54) is 32.1 Å². The van der Waals surface area contributed by atoms with Crippen LogP contribution in [0.5, 0.6) is 0 Å². The molecule has 2 unspecified atom stereocenters. The summed E-state index contributed by atoms with van der Waals surface area (Å²) < 4.78 is 5.55. The first-order valence-corrected chi connectivity index (χ1v) is 5.95. The predicted octanol–water partition coefficient (Wildman–Crippen LogP) is 2.13. The highest BCUT2D eigenvalue weighted by Gasteiger charge is 2.62. The monoisotopic (exact) mass is 192 g/mol. The largest absolute Gasteiger partial charge is 0.461 e. The third-order valence-electron chi connectivity index (χ3n) is 5.12. The van der Waals surface area contributed by atoms with Crippen molar-refractivity contribution < 1.29 is 9.53 Å². The van der Waals surface area contributed by atoms with Crippen LogP contribution in [0.25, 0.3) is 0 Å². The maximum Gasteiger partial charge on any atom is 0.306 e. The minimum atomic E-state index is 0.0863. The fourth-order valence-corrected chi connectivity index (χ4v) is 5.10. The number of carbonyl (C=O) groups is 1. The van der Waals surface area contributed by atoms with Crippen LogP contribution in [0.3, 0.4) is 0 Å². The molecule has 4 aliphatic carbocycles. The molecule has 0 radical (unpaired) electrons. The first-order chi connectivity index (χ1) is 6.75. The molecule has 2 heteroatoms. The molecule has 5 aliphatic rings. The van der Waals surface area contributed by atoms with E-state index in [9.17, 15) is 4.79 Å². The third-order valence-corrected chi connectivity index (χ3v) is 5.12. The van der Waals surface area contributed by atoms with E-state index in [1.807, 2.05) is 0 Å². The molecule has 76 valence electrons. The van der Waals surface area contributed by atoms with E-state index in [2.05, 4.69) is 0 Å². The van der Waals surface area contributed by atoms with Crippen molar-refractivity contribution in [2.75, 3.05) is 0 Å². The summed E-state index contributed by atoms with van der Waals surface area (Å²) >= 11 is 0. The van der Waals surface area contributed by atoms with Crippen molar-refractivity contribution in [3.8, 4) is 0 Å². The van der Waals surface area contributed by atoms with E-state index in [0.717, 1.165) is 24.2 Å². The second-order valence-corrected chi connectivity index (χ2v) is 6.06. The Morgan fingerprint density at radius 2 is 1.86 bits per heavy atom. The van der Waals surface area contributed by atoms with Crippen molar-refractivity contribution in [3.05, 3.63) is 0 Å². The highest BCUT2D eigenvalue weighted by molar-refractivity contribution is 5.73. The van der Waals surface area contributed by atoms with Gasteiger partial charge in [0.2, 0.25) is 0 Å². The van der Waals surface area contributed by atoms with Crippen molar-refractivity contribution in [3.63, 3.8) is 0 Å². The SMILES string of the molecule is O=C1CC23CC4CC(CC(C4)[C@H]2O1)C3. The second kappa shape index (κ2) is 2.17. The molecule has 4 bridgehead atoms. The molecular formula is C12H16O2. The number of rotatable bonds is 0. The Bertz CT molecular complexity index is 295. The number of esters is 1. The maximum atomic E-state index is 11.4. The lowest BCUT2D eigenvalue weighted by Crippen LogP contribution is -2.53.